The molecular weight excluding hydrogens is 292 g/mol. The van der Waals surface area contributed by atoms with Crippen LogP contribution >= 0.6 is 0 Å². The average molecular weight is 316 g/mol. The zero-order chi connectivity index (χ0) is 16.0. The summed E-state index contributed by atoms with van der Waals surface area (Å²) in [5.41, 5.74) is 1.65. The van der Waals surface area contributed by atoms with Crippen molar-refractivity contribution < 1.29 is 9.53 Å². The minimum atomic E-state index is 0.0838. The first-order chi connectivity index (χ1) is 11.1. The third-order valence-corrected chi connectivity index (χ3v) is 5.18. The van der Waals surface area contributed by atoms with Crippen molar-refractivity contribution >= 4 is 5.91 Å². The van der Waals surface area contributed by atoms with Crippen LogP contribution in [0.4, 0.5) is 0 Å². The van der Waals surface area contributed by atoms with Crippen molar-refractivity contribution in [1.82, 2.24) is 19.8 Å². The summed E-state index contributed by atoms with van der Waals surface area (Å²) in [6.45, 7) is 5.08. The lowest BCUT2D eigenvalue weighted by molar-refractivity contribution is -0.0870. The van der Waals surface area contributed by atoms with Gasteiger partial charge in [-0.25, -0.2) is 9.97 Å². The van der Waals surface area contributed by atoms with Crippen molar-refractivity contribution in [2.45, 2.75) is 44.2 Å². The lowest BCUT2D eigenvalue weighted by atomic mass is 9.98. The van der Waals surface area contributed by atoms with Crippen LogP contribution in [-0.2, 0) is 4.74 Å². The van der Waals surface area contributed by atoms with Gasteiger partial charge in [0.1, 0.15) is 5.82 Å². The molecule has 4 rings (SSSR count). The van der Waals surface area contributed by atoms with E-state index in [4.69, 9.17) is 4.74 Å². The summed E-state index contributed by atoms with van der Waals surface area (Å²) < 4.78 is 5.90. The molecular formula is C17H24N4O2. The molecule has 3 aliphatic rings. The van der Waals surface area contributed by atoms with Gasteiger partial charge in [-0.05, 0) is 33.2 Å². The Bertz CT molecular complexity index is 617. The number of hydrogen-bond donors (Lipinski definition) is 0. The second kappa shape index (κ2) is 5.83. The highest BCUT2D eigenvalue weighted by molar-refractivity contribution is 5.95. The summed E-state index contributed by atoms with van der Waals surface area (Å²) >= 11 is 0. The van der Waals surface area contributed by atoms with Crippen molar-refractivity contribution in [3.05, 3.63) is 23.3 Å². The fraction of sp³-hybridized carbons (Fsp3) is 0.706. The normalized spacial score (nSPS) is 28.5. The Morgan fingerprint density at radius 1 is 1.30 bits per heavy atom. The lowest BCUT2D eigenvalue weighted by Gasteiger charge is -2.46. The molecule has 23 heavy (non-hydrogen) atoms. The molecule has 1 aromatic rings. The number of aromatic nitrogens is 2. The monoisotopic (exact) mass is 316 g/mol. The van der Waals surface area contributed by atoms with Crippen LogP contribution in [0.5, 0.6) is 0 Å². The molecule has 2 aliphatic heterocycles. The molecule has 6 heteroatoms. The van der Waals surface area contributed by atoms with E-state index in [-0.39, 0.29) is 18.1 Å². The minimum Gasteiger partial charge on any atom is -0.374 e. The van der Waals surface area contributed by atoms with Gasteiger partial charge < -0.3 is 14.5 Å². The van der Waals surface area contributed by atoms with Gasteiger partial charge in [0.2, 0.25) is 0 Å². The van der Waals surface area contributed by atoms with Crippen molar-refractivity contribution in [3.63, 3.8) is 0 Å². The molecule has 0 aromatic carbocycles. The van der Waals surface area contributed by atoms with E-state index in [2.05, 4.69) is 21.9 Å². The zero-order valence-electron chi connectivity index (χ0n) is 13.9. The summed E-state index contributed by atoms with van der Waals surface area (Å²) in [4.78, 5) is 26.3. The fourth-order valence-corrected chi connectivity index (χ4v) is 3.76. The van der Waals surface area contributed by atoms with Crippen molar-refractivity contribution in [2.24, 2.45) is 0 Å². The van der Waals surface area contributed by atoms with Gasteiger partial charge in [-0.15, -0.1) is 0 Å². The number of aryl methyl sites for hydroxylation is 1. The number of fused-ring (bicyclic) bond motifs is 1. The molecule has 1 saturated carbocycles. The largest absolute Gasteiger partial charge is 0.374 e. The number of carbonyl (C=O) groups is 1. The van der Waals surface area contributed by atoms with E-state index in [9.17, 15) is 4.79 Å². The van der Waals surface area contributed by atoms with Gasteiger partial charge >= 0.3 is 0 Å². The number of piperidine rings is 1. The average Bonchev–Trinajstić information content (AvgIpc) is 3.38. The fourth-order valence-electron chi connectivity index (χ4n) is 3.76. The molecule has 1 aromatic heterocycles. The Kier molecular flexibility index (Phi) is 3.81. The maximum Gasteiger partial charge on any atom is 0.257 e. The third-order valence-electron chi connectivity index (χ3n) is 5.18. The van der Waals surface area contributed by atoms with Crippen LogP contribution in [0.25, 0.3) is 0 Å². The first kappa shape index (κ1) is 15.0. The first-order valence-electron chi connectivity index (χ1n) is 8.58. The molecule has 1 aliphatic carbocycles. The number of ether oxygens (including phenoxy) is 1. The van der Waals surface area contributed by atoms with Crippen molar-refractivity contribution in [1.29, 1.82) is 0 Å². The van der Waals surface area contributed by atoms with Gasteiger partial charge in [0.25, 0.3) is 5.91 Å². The van der Waals surface area contributed by atoms with E-state index in [1.165, 1.54) is 0 Å². The number of rotatable bonds is 2. The summed E-state index contributed by atoms with van der Waals surface area (Å²) in [6.07, 6.45) is 5.16. The van der Waals surface area contributed by atoms with Crippen LogP contribution in [0, 0.1) is 6.92 Å². The molecule has 1 amide bonds. The highest BCUT2D eigenvalue weighted by Gasteiger charge is 2.40. The Labute approximate surface area is 136 Å². The molecule has 0 bridgehead atoms. The van der Waals surface area contributed by atoms with Crippen LogP contribution in [0.2, 0.25) is 0 Å². The number of hydrogen-bond acceptors (Lipinski definition) is 5. The van der Waals surface area contributed by atoms with E-state index in [0.29, 0.717) is 24.6 Å². The van der Waals surface area contributed by atoms with Crippen molar-refractivity contribution in [3.8, 4) is 0 Å². The lowest BCUT2D eigenvalue weighted by Crippen LogP contribution is -2.60. The van der Waals surface area contributed by atoms with Gasteiger partial charge in [0.05, 0.1) is 30.0 Å². The Hall–Kier alpha value is -1.53. The number of morpholine rings is 1. The molecule has 0 spiro atoms. The van der Waals surface area contributed by atoms with Crippen LogP contribution < -0.4 is 0 Å². The number of likely N-dealkylation sites (tertiary alicyclic amines) is 1. The van der Waals surface area contributed by atoms with Gasteiger partial charge in [0, 0.05) is 31.7 Å². The first-order valence-corrected chi connectivity index (χ1v) is 8.58. The molecule has 0 unspecified atom stereocenters. The number of amides is 1. The predicted octanol–water partition coefficient (Wildman–Crippen LogP) is 1.21. The minimum absolute atomic E-state index is 0.0838. The van der Waals surface area contributed by atoms with Gasteiger partial charge in [0.15, 0.2) is 0 Å². The predicted molar refractivity (Wildman–Crippen MR) is 85.4 cm³/mol. The van der Waals surface area contributed by atoms with E-state index < -0.39 is 0 Å². The van der Waals surface area contributed by atoms with Gasteiger partial charge in [-0.3, -0.25) is 4.79 Å². The summed E-state index contributed by atoms with van der Waals surface area (Å²) in [6, 6.07) is 0.142. The molecule has 3 heterocycles. The summed E-state index contributed by atoms with van der Waals surface area (Å²) in [5, 5.41) is 0. The van der Waals surface area contributed by atoms with E-state index >= 15 is 0 Å². The summed E-state index contributed by atoms with van der Waals surface area (Å²) in [7, 11) is 2.11. The smallest absolute Gasteiger partial charge is 0.257 e. The van der Waals surface area contributed by atoms with Crippen LogP contribution in [0.15, 0.2) is 6.20 Å². The Morgan fingerprint density at radius 3 is 2.91 bits per heavy atom. The van der Waals surface area contributed by atoms with Crippen LogP contribution in [0.1, 0.15) is 47.1 Å². The molecule has 3 fully saturated rings. The molecule has 124 valence electrons. The van der Waals surface area contributed by atoms with Gasteiger partial charge in [-0.1, -0.05) is 0 Å². The van der Waals surface area contributed by atoms with Gasteiger partial charge in [-0.2, -0.15) is 0 Å². The van der Waals surface area contributed by atoms with Crippen molar-refractivity contribution in [2.75, 3.05) is 33.3 Å². The molecule has 2 saturated heterocycles. The number of likely N-dealkylation sites (N-methyl/N-ethyl adjacent to an activating group) is 1. The SMILES string of the molecule is Cc1ncc(C(=O)N2CCO[C@H]3CCN(C)C[C@@H]32)c(C2CC2)n1. The zero-order valence-corrected chi connectivity index (χ0v) is 13.9. The molecule has 0 N–H and O–H groups in total. The Morgan fingerprint density at radius 2 is 2.13 bits per heavy atom. The quantitative estimate of drug-likeness (QED) is 0.821. The second-order valence-electron chi connectivity index (χ2n) is 7.02. The Balaban J connectivity index is 1.63. The third kappa shape index (κ3) is 2.85. The molecule has 0 radical (unpaired) electrons. The highest BCUT2D eigenvalue weighted by atomic mass is 16.5. The number of carbonyl (C=O) groups excluding carboxylic acids is 1. The van der Waals surface area contributed by atoms with Crippen LogP contribution in [0.3, 0.4) is 0 Å². The number of nitrogens with zero attached hydrogens (tertiary/aromatic N) is 4. The maximum absolute atomic E-state index is 13.2. The standard InChI is InChI=1S/C17H24N4O2/c1-11-18-9-13(16(19-11)12-3-4-12)17(22)21-7-8-23-15-5-6-20(2)10-14(15)21/h9,12,14-15H,3-8,10H2,1-2H3/t14-,15-/m0/s1. The highest BCUT2D eigenvalue weighted by Crippen LogP contribution is 2.41. The second-order valence-corrected chi connectivity index (χ2v) is 7.02. The maximum atomic E-state index is 13.2. The molecule has 2 atom stereocenters. The van der Waals surface area contributed by atoms with E-state index in [1.54, 1.807) is 6.20 Å². The van der Waals surface area contributed by atoms with Crippen LogP contribution in [-0.4, -0.2) is 71.1 Å². The van der Waals surface area contributed by atoms with E-state index in [1.807, 2.05) is 11.8 Å². The van der Waals surface area contributed by atoms with E-state index in [0.717, 1.165) is 43.9 Å². The topological polar surface area (TPSA) is 58.6 Å². The summed E-state index contributed by atoms with van der Waals surface area (Å²) in [5.74, 6) is 1.28. The molecule has 6 nitrogen and oxygen atoms in total.